The molecule has 0 bridgehead atoms. The molecule has 32 heavy (non-hydrogen) atoms. The Kier molecular flexibility index (Phi) is 5.88. The second-order valence-corrected chi connectivity index (χ2v) is 10.1. The minimum Gasteiger partial charge on any atom is -0.476 e. The van der Waals surface area contributed by atoms with Crippen molar-refractivity contribution in [2.45, 2.75) is 31.8 Å². The molecule has 0 aliphatic carbocycles. The van der Waals surface area contributed by atoms with E-state index in [4.69, 9.17) is 16.3 Å². The topological polar surface area (TPSA) is 75.7 Å². The highest BCUT2D eigenvalue weighted by Crippen LogP contribution is 2.39. The van der Waals surface area contributed by atoms with Crippen LogP contribution in [0.2, 0.25) is 5.02 Å². The van der Waals surface area contributed by atoms with E-state index < -0.39 is 22.0 Å². The van der Waals surface area contributed by atoms with Crippen LogP contribution in [0.15, 0.2) is 65.6 Å². The Morgan fingerprint density at radius 2 is 1.69 bits per heavy atom. The van der Waals surface area contributed by atoms with Gasteiger partial charge in [-0.05, 0) is 62.2 Å². The third kappa shape index (κ3) is 4.18. The van der Waals surface area contributed by atoms with Crippen molar-refractivity contribution in [2.75, 3.05) is 16.2 Å². The maximum atomic E-state index is 13.4. The van der Waals surface area contributed by atoms with Crippen molar-refractivity contribution in [3.05, 3.63) is 82.4 Å². The molecule has 0 spiro atoms. The summed E-state index contributed by atoms with van der Waals surface area (Å²) in [6.45, 7) is 5.65. The average Bonchev–Trinajstić information content (AvgIpc) is 2.75. The number of benzene rings is 3. The second-order valence-electron chi connectivity index (χ2n) is 7.83. The molecule has 4 rings (SSSR count). The van der Waals surface area contributed by atoms with Crippen LogP contribution in [0.4, 0.5) is 11.4 Å². The minimum atomic E-state index is -3.94. The first-order valence-electron chi connectivity index (χ1n) is 10.1. The van der Waals surface area contributed by atoms with Gasteiger partial charge in [0.15, 0.2) is 6.10 Å². The Labute approximate surface area is 192 Å². The Morgan fingerprint density at radius 3 is 2.34 bits per heavy atom. The molecular formula is C24H23ClN2O4S. The zero-order valence-electron chi connectivity index (χ0n) is 17.9. The largest absolute Gasteiger partial charge is 0.476 e. The van der Waals surface area contributed by atoms with Crippen LogP contribution in [0.3, 0.4) is 0 Å². The maximum absolute atomic E-state index is 13.4. The predicted molar refractivity (Wildman–Crippen MR) is 126 cm³/mol. The molecule has 0 saturated heterocycles. The van der Waals surface area contributed by atoms with Gasteiger partial charge in [0.05, 0.1) is 17.1 Å². The van der Waals surface area contributed by atoms with Gasteiger partial charge in [-0.25, -0.2) is 8.42 Å². The number of aryl methyl sites for hydroxylation is 3. The van der Waals surface area contributed by atoms with Gasteiger partial charge in [-0.15, -0.1) is 0 Å². The van der Waals surface area contributed by atoms with E-state index in [-0.39, 0.29) is 17.2 Å². The lowest BCUT2D eigenvalue weighted by atomic mass is 10.0. The molecule has 3 aromatic carbocycles. The van der Waals surface area contributed by atoms with E-state index in [1.807, 2.05) is 32.9 Å². The summed E-state index contributed by atoms with van der Waals surface area (Å²) in [5.74, 6) is -0.147. The van der Waals surface area contributed by atoms with Crippen LogP contribution in [0.5, 0.6) is 5.75 Å². The van der Waals surface area contributed by atoms with Crippen LogP contribution in [-0.2, 0) is 14.8 Å². The van der Waals surface area contributed by atoms with Crippen LogP contribution in [0.1, 0.15) is 16.7 Å². The molecule has 1 heterocycles. The molecule has 0 fully saturated rings. The molecule has 166 valence electrons. The Balaban J connectivity index is 1.71. The molecule has 0 unspecified atom stereocenters. The molecule has 0 aromatic heterocycles. The third-order valence-corrected chi connectivity index (χ3v) is 7.37. The number of sulfonamides is 1. The fourth-order valence-corrected chi connectivity index (χ4v) is 5.54. The van der Waals surface area contributed by atoms with E-state index in [0.717, 1.165) is 16.7 Å². The fourth-order valence-electron chi connectivity index (χ4n) is 3.89. The number of amides is 1. The molecule has 1 aliphatic rings. The number of nitrogens with one attached hydrogen (secondary N) is 1. The average molecular weight is 471 g/mol. The lowest BCUT2D eigenvalue weighted by molar-refractivity contribution is -0.122. The van der Waals surface area contributed by atoms with Crippen molar-refractivity contribution in [1.29, 1.82) is 0 Å². The molecule has 3 aromatic rings. The Hall–Kier alpha value is -3.03. The first-order chi connectivity index (χ1) is 15.2. The summed E-state index contributed by atoms with van der Waals surface area (Å²) in [7, 11) is -3.94. The van der Waals surface area contributed by atoms with Crippen LogP contribution in [0, 0.1) is 20.8 Å². The number of nitrogens with zero attached hydrogens (tertiary/aromatic N) is 1. The number of ether oxygens (including phenoxy) is 1. The van der Waals surface area contributed by atoms with Crippen LogP contribution >= 0.6 is 11.6 Å². The van der Waals surface area contributed by atoms with E-state index in [9.17, 15) is 13.2 Å². The van der Waals surface area contributed by atoms with Crippen molar-refractivity contribution in [3.8, 4) is 5.75 Å². The van der Waals surface area contributed by atoms with Crippen LogP contribution in [0.25, 0.3) is 0 Å². The van der Waals surface area contributed by atoms with Gasteiger partial charge in [0.1, 0.15) is 5.75 Å². The first kappa shape index (κ1) is 22.2. The monoisotopic (exact) mass is 470 g/mol. The van der Waals surface area contributed by atoms with Crippen LogP contribution < -0.4 is 14.4 Å². The quantitative estimate of drug-likeness (QED) is 0.590. The highest BCUT2D eigenvalue weighted by molar-refractivity contribution is 7.92. The Morgan fingerprint density at radius 1 is 1.03 bits per heavy atom. The molecule has 1 atom stereocenters. The molecule has 8 heteroatoms. The summed E-state index contributed by atoms with van der Waals surface area (Å²) in [6, 6.07) is 16.7. The molecule has 0 saturated carbocycles. The zero-order valence-corrected chi connectivity index (χ0v) is 19.5. The molecular weight excluding hydrogens is 448 g/mol. The SMILES string of the molecule is Cc1cc(C)c(NC(=O)[C@H]2CN(S(=O)(=O)c3ccccc3)c3cc(Cl)ccc3O2)c(C)c1. The number of carbonyl (C=O) groups excluding carboxylic acids is 1. The number of halogens is 1. The standard InChI is InChI=1S/C24H23ClN2O4S/c1-15-11-16(2)23(17(3)12-15)26-24(28)22-14-27(20-13-18(25)9-10-21(20)31-22)32(29,30)19-7-5-4-6-8-19/h4-13,22H,14H2,1-3H3,(H,26,28)/t22-/m1/s1. The first-order valence-corrected chi connectivity index (χ1v) is 11.9. The van der Waals surface area contributed by atoms with E-state index in [2.05, 4.69) is 5.32 Å². The fraction of sp³-hybridized carbons (Fsp3) is 0.208. The molecule has 0 radical (unpaired) electrons. The number of anilines is 2. The van der Waals surface area contributed by atoms with Gasteiger partial charge in [-0.1, -0.05) is 47.5 Å². The van der Waals surface area contributed by atoms with Crippen LogP contribution in [-0.4, -0.2) is 27.0 Å². The van der Waals surface area contributed by atoms with E-state index >= 15 is 0 Å². The molecule has 6 nitrogen and oxygen atoms in total. The summed E-state index contributed by atoms with van der Waals surface area (Å²) in [5, 5.41) is 3.29. The van der Waals surface area contributed by atoms with Crippen molar-refractivity contribution < 1.29 is 17.9 Å². The number of hydrogen-bond acceptors (Lipinski definition) is 4. The minimum absolute atomic E-state index is 0.122. The smallest absolute Gasteiger partial charge is 0.267 e. The predicted octanol–water partition coefficient (Wildman–Crippen LogP) is 4.86. The van der Waals surface area contributed by atoms with Gasteiger partial charge in [-0.3, -0.25) is 9.10 Å². The van der Waals surface area contributed by atoms with Gasteiger partial charge < -0.3 is 10.1 Å². The van der Waals surface area contributed by atoms with Gasteiger partial charge in [0, 0.05) is 10.7 Å². The summed E-state index contributed by atoms with van der Waals surface area (Å²) < 4.78 is 34.0. The number of carbonyl (C=O) groups is 1. The number of fused-ring (bicyclic) bond motifs is 1. The van der Waals surface area contributed by atoms with Gasteiger partial charge in [0.2, 0.25) is 0 Å². The molecule has 1 amide bonds. The third-order valence-electron chi connectivity index (χ3n) is 5.34. The second kappa shape index (κ2) is 8.48. The summed E-state index contributed by atoms with van der Waals surface area (Å²) in [5.41, 5.74) is 3.94. The summed E-state index contributed by atoms with van der Waals surface area (Å²) >= 11 is 6.14. The van der Waals surface area contributed by atoms with E-state index in [1.165, 1.54) is 22.5 Å². The van der Waals surface area contributed by atoms with Gasteiger partial charge >= 0.3 is 0 Å². The molecule has 1 N–H and O–H groups in total. The number of hydrogen-bond donors (Lipinski definition) is 1. The van der Waals surface area contributed by atoms with Crippen molar-refractivity contribution in [2.24, 2.45) is 0 Å². The van der Waals surface area contributed by atoms with Gasteiger partial charge in [0.25, 0.3) is 15.9 Å². The van der Waals surface area contributed by atoms with Crippen molar-refractivity contribution in [1.82, 2.24) is 0 Å². The zero-order chi connectivity index (χ0) is 23.0. The lowest BCUT2D eigenvalue weighted by Gasteiger charge is -2.35. The molecule has 1 aliphatic heterocycles. The highest BCUT2D eigenvalue weighted by atomic mass is 35.5. The van der Waals surface area contributed by atoms with E-state index in [1.54, 1.807) is 30.3 Å². The number of rotatable bonds is 4. The van der Waals surface area contributed by atoms with E-state index in [0.29, 0.717) is 16.4 Å². The Bertz CT molecular complexity index is 1270. The normalized spacial score (nSPS) is 15.6. The lowest BCUT2D eigenvalue weighted by Crippen LogP contribution is -2.49. The van der Waals surface area contributed by atoms with Gasteiger partial charge in [-0.2, -0.15) is 0 Å². The summed E-state index contributed by atoms with van der Waals surface area (Å²) in [6.07, 6.45) is -1.04. The summed E-state index contributed by atoms with van der Waals surface area (Å²) in [4.78, 5) is 13.3. The highest BCUT2D eigenvalue weighted by Gasteiger charge is 2.38. The van der Waals surface area contributed by atoms with Crippen molar-refractivity contribution >= 4 is 38.9 Å². The van der Waals surface area contributed by atoms with Crippen molar-refractivity contribution in [3.63, 3.8) is 0 Å². The maximum Gasteiger partial charge on any atom is 0.267 e.